The average Bonchev–Trinajstić information content (AvgIpc) is 3.45. The predicted octanol–water partition coefficient (Wildman–Crippen LogP) is 5.19. The van der Waals surface area contributed by atoms with Gasteiger partial charge < -0.3 is 20.1 Å². The molecule has 4 rings (SSSR count). The zero-order valence-corrected chi connectivity index (χ0v) is 20.4. The molecule has 0 spiro atoms. The summed E-state index contributed by atoms with van der Waals surface area (Å²) in [6.45, 7) is 0.597. The molecule has 34 heavy (non-hydrogen) atoms. The molecule has 2 heterocycles. The van der Waals surface area contributed by atoms with Crippen LogP contribution in [0.5, 0.6) is 5.75 Å². The quantitative estimate of drug-likeness (QED) is 0.259. The number of hydrogen-bond donors (Lipinski definition) is 2. The smallest absolute Gasteiger partial charge is 0.340 e. The minimum Gasteiger partial charge on any atom is -0.497 e. The zero-order chi connectivity index (χ0) is 23.9. The summed E-state index contributed by atoms with van der Waals surface area (Å²) in [5, 5.41) is 11.7. The van der Waals surface area contributed by atoms with E-state index in [1.807, 2.05) is 59.4 Å². The van der Waals surface area contributed by atoms with Crippen molar-refractivity contribution in [2.45, 2.75) is 13.0 Å². The molecule has 9 heteroatoms. The summed E-state index contributed by atoms with van der Waals surface area (Å²) in [4.78, 5) is 13.4. The molecule has 4 aromatic rings. The Morgan fingerprint density at radius 2 is 1.85 bits per heavy atom. The first-order chi connectivity index (χ1) is 16.5. The van der Waals surface area contributed by atoms with E-state index < -0.39 is 5.97 Å². The SMILES string of the molecule is COC(=O)c1cc(Cc2ccccc2)sc1NC(=S)Nc1cnn(Cc2cccc(OC)c2)c1. The van der Waals surface area contributed by atoms with Gasteiger partial charge in [-0.3, -0.25) is 4.68 Å². The van der Waals surface area contributed by atoms with E-state index >= 15 is 0 Å². The van der Waals surface area contributed by atoms with E-state index in [2.05, 4.69) is 27.9 Å². The first-order valence-electron chi connectivity index (χ1n) is 10.5. The van der Waals surface area contributed by atoms with Crippen molar-refractivity contribution in [2.24, 2.45) is 0 Å². The summed E-state index contributed by atoms with van der Waals surface area (Å²) >= 11 is 6.97. The number of thiophene rings is 1. The Balaban J connectivity index is 1.42. The molecule has 0 unspecified atom stereocenters. The van der Waals surface area contributed by atoms with Crippen molar-refractivity contribution in [3.05, 3.63) is 94.6 Å². The third-order valence-electron chi connectivity index (χ3n) is 5.01. The number of rotatable bonds is 8. The fraction of sp³-hybridized carbons (Fsp3) is 0.160. The molecule has 0 bridgehead atoms. The molecule has 2 N–H and O–H groups in total. The van der Waals surface area contributed by atoms with Gasteiger partial charge in [-0.15, -0.1) is 11.3 Å². The monoisotopic (exact) mass is 492 g/mol. The molecule has 7 nitrogen and oxygen atoms in total. The maximum absolute atomic E-state index is 12.3. The van der Waals surface area contributed by atoms with Gasteiger partial charge in [0.1, 0.15) is 10.8 Å². The van der Waals surface area contributed by atoms with Crippen molar-refractivity contribution >= 4 is 45.3 Å². The Morgan fingerprint density at radius 1 is 1.06 bits per heavy atom. The summed E-state index contributed by atoms with van der Waals surface area (Å²) in [5.41, 5.74) is 3.43. The van der Waals surface area contributed by atoms with Gasteiger partial charge in [0.2, 0.25) is 0 Å². The van der Waals surface area contributed by atoms with Gasteiger partial charge in [0, 0.05) is 17.5 Å². The molecular weight excluding hydrogens is 468 g/mol. The summed E-state index contributed by atoms with van der Waals surface area (Å²) < 4.78 is 12.0. The molecule has 0 atom stereocenters. The first kappa shape index (κ1) is 23.5. The van der Waals surface area contributed by atoms with Gasteiger partial charge in [-0.05, 0) is 41.5 Å². The van der Waals surface area contributed by atoms with Crippen LogP contribution in [-0.4, -0.2) is 35.1 Å². The van der Waals surface area contributed by atoms with E-state index in [4.69, 9.17) is 21.7 Å². The Labute approximate surface area is 207 Å². The van der Waals surface area contributed by atoms with Crippen LogP contribution in [0, 0.1) is 0 Å². The molecule has 2 aromatic heterocycles. The molecule has 0 fully saturated rings. The van der Waals surface area contributed by atoms with Crippen LogP contribution in [-0.2, 0) is 17.7 Å². The third-order valence-corrected chi connectivity index (χ3v) is 6.26. The molecule has 0 saturated heterocycles. The standard InChI is InChI=1S/C25H24N4O3S2/c1-31-20-10-6-9-18(11-20)15-29-16-19(14-26-29)27-25(33)28-23-22(24(30)32-2)13-21(34-23)12-17-7-4-3-5-8-17/h3-11,13-14,16H,12,15H2,1-2H3,(H2,27,28,33). The summed E-state index contributed by atoms with van der Waals surface area (Å²) in [7, 11) is 3.01. The van der Waals surface area contributed by atoms with Crippen molar-refractivity contribution in [3.63, 3.8) is 0 Å². The molecular formula is C25H24N4O3S2. The fourth-order valence-corrected chi connectivity index (χ4v) is 4.79. The van der Waals surface area contributed by atoms with E-state index in [1.165, 1.54) is 18.4 Å². The van der Waals surface area contributed by atoms with Crippen LogP contribution in [0.1, 0.15) is 26.4 Å². The Bertz CT molecular complexity index is 1280. The number of benzene rings is 2. The number of hydrogen-bond acceptors (Lipinski definition) is 6. The number of anilines is 2. The fourth-order valence-electron chi connectivity index (χ4n) is 3.42. The zero-order valence-electron chi connectivity index (χ0n) is 18.8. The van der Waals surface area contributed by atoms with Crippen molar-refractivity contribution < 1.29 is 14.3 Å². The maximum Gasteiger partial charge on any atom is 0.340 e. The van der Waals surface area contributed by atoms with E-state index in [0.29, 0.717) is 28.6 Å². The van der Waals surface area contributed by atoms with E-state index in [1.54, 1.807) is 13.3 Å². The molecule has 0 aliphatic rings. The Kier molecular flexibility index (Phi) is 7.56. The van der Waals surface area contributed by atoms with Crippen LogP contribution < -0.4 is 15.4 Å². The van der Waals surface area contributed by atoms with Crippen molar-refractivity contribution in [3.8, 4) is 5.75 Å². The van der Waals surface area contributed by atoms with Crippen molar-refractivity contribution in [1.82, 2.24) is 9.78 Å². The molecule has 174 valence electrons. The highest BCUT2D eigenvalue weighted by Gasteiger charge is 2.18. The Morgan fingerprint density at radius 3 is 2.62 bits per heavy atom. The number of ether oxygens (including phenoxy) is 2. The summed E-state index contributed by atoms with van der Waals surface area (Å²) in [5.74, 6) is 0.393. The van der Waals surface area contributed by atoms with Crippen LogP contribution in [0.2, 0.25) is 0 Å². The van der Waals surface area contributed by atoms with E-state index in [-0.39, 0.29) is 0 Å². The highest BCUT2D eigenvalue weighted by Crippen LogP contribution is 2.30. The molecule has 2 aromatic carbocycles. The van der Waals surface area contributed by atoms with E-state index in [0.717, 1.165) is 27.4 Å². The summed E-state index contributed by atoms with van der Waals surface area (Å²) in [6.07, 6.45) is 4.28. The van der Waals surface area contributed by atoms with Crippen LogP contribution in [0.25, 0.3) is 0 Å². The highest BCUT2D eigenvalue weighted by atomic mass is 32.1. The lowest BCUT2D eigenvalue weighted by Crippen LogP contribution is -2.19. The molecule has 0 aliphatic heterocycles. The second-order valence-electron chi connectivity index (χ2n) is 7.47. The number of methoxy groups -OCH3 is 2. The lowest BCUT2D eigenvalue weighted by atomic mass is 10.1. The molecule has 0 radical (unpaired) electrons. The summed E-state index contributed by atoms with van der Waals surface area (Å²) in [6, 6.07) is 19.8. The van der Waals surface area contributed by atoms with Gasteiger partial charge in [-0.2, -0.15) is 5.10 Å². The van der Waals surface area contributed by atoms with E-state index in [9.17, 15) is 4.79 Å². The van der Waals surface area contributed by atoms with Gasteiger partial charge in [0.25, 0.3) is 0 Å². The molecule has 0 amide bonds. The number of aromatic nitrogens is 2. The lowest BCUT2D eigenvalue weighted by molar-refractivity contribution is 0.0602. The van der Waals surface area contributed by atoms with Crippen LogP contribution in [0.3, 0.4) is 0 Å². The van der Waals surface area contributed by atoms with Crippen LogP contribution in [0.15, 0.2) is 73.1 Å². The van der Waals surface area contributed by atoms with Gasteiger partial charge in [-0.1, -0.05) is 42.5 Å². The number of nitrogens with one attached hydrogen (secondary N) is 2. The number of thiocarbonyl (C=S) groups is 1. The minimum absolute atomic E-state index is 0.360. The highest BCUT2D eigenvalue weighted by molar-refractivity contribution is 7.80. The van der Waals surface area contributed by atoms with Gasteiger partial charge in [0.05, 0.1) is 38.2 Å². The number of esters is 1. The first-order valence-corrected chi connectivity index (χ1v) is 11.7. The predicted molar refractivity (Wildman–Crippen MR) is 139 cm³/mol. The largest absolute Gasteiger partial charge is 0.497 e. The molecule has 0 aliphatic carbocycles. The third kappa shape index (κ3) is 6.00. The number of carbonyl (C=O) groups is 1. The number of nitrogens with zero attached hydrogens (tertiary/aromatic N) is 2. The number of carbonyl (C=O) groups excluding carboxylic acids is 1. The second kappa shape index (κ2) is 11.0. The van der Waals surface area contributed by atoms with Crippen LogP contribution in [0.4, 0.5) is 10.7 Å². The topological polar surface area (TPSA) is 77.4 Å². The average molecular weight is 493 g/mol. The van der Waals surface area contributed by atoms with Gasteiger partial charge in [-0.25, -0.2) is 4.79 Å². The van der Waals surface area contributed by atoms with Crippen molar-refractivity contribution in [2.75, 3.05) is 24.9 Å². The Hall–Kier alpha value is -3.69. The van der Waals surface area contributed by atoms with Crippen molar-refractivity contribution in [1.29, 1.82) is 0 Å². The second-order valence-corrected chi connectivity index (χ2v) is 9.01. The van der Waals surface area contributed by atoms with Crippen LogP contribution >= 0.6 is 23.6 Å². The minimum atomic E-state index is -0.410. The van der Waals surface area contributed by atoms with Gasteiger partial charge in [0.15, 0.2) is 5.11 Å². The van der Waals surface area contributed by atoms with Gasteiger partial charge >= 0.3 is 5.97 Å². The lowest BCUT2D eigenvalue weighted by Gasteiger charge is -2.09. The molecule has 0 saturated carbocycles. The maximum atomic E-state index is 12.3. The normalized spacial score (nSPS) is 10.5.